The molecule has 0 saturated heterocycles. The summed E-state index contributed by atoms with van der Waals surface area (Å²) >= 11 is 0. The first kappa shape index (κ1) is 25.9. The zero-order chi connectivity index (χ0) is 24.6. The molecule has 1 aliphatic heterocycles. The summed E-state index contributed by atoms with van der Waals surface area (Å²) in [6.07, 6.45) is 8.78. The van der Waals surface area contributed by atoms with Gasteiger partial charge in [-0.1, -0.05) is 78.0 Å². The average Bonchev–Trinajstić information content (AvgIpc) is 3.60. The van der Waals surface area contributed by atoms with Crippen LogP contribution in [-0.4, -0.2) is 24.3 Å². The third-order valence-corrected chi connectivity index (χ3v) is 6.68. The normalized spacial score (nSPS) is 13.7. The molecule has 0 spiro atoms. The van der Waals surface area contributed by atoms with Gasteiger partial charge < -0.3 is 19.3 Å². The Morgan fingerprint density at radius 1 is 0.941 bits per heavy atom. The van der Waals surface area contributed by atoms with Crippen molar-refractivity contribution in [1.29, 1.82) is 0 Å². The van der Waals surface area contributed by atoms with E-state index in [0.717, 1.165) is 49.5 Å². The van der Waals surface area contributed by atoms with Crippen molar-refractivity contribution < 1.29 is 24.1 Å². The molecule has 0 aliphatic carbocycles. The van der Waals surface area contributed by atoms with Crippen LogP contribution in [0.4, 0.5) is 0 Å². The summed E-state index contributed by atoms with van der Waals surface area (Å²) in [5.41, 5.74) is 1.26. The molecule has 0 amide bonds. The van der Waals surface area contributed by atoms with Crippen LogP contribution >= 0.6 is 0 Å². The molecular formula is C29H40O5. The highest BCUT2D eigenvalue weighted by atomic mass is 16.6. The number of rotatable bonds is 16. The van der Waals surface area contributed by atoms with Gasteiger partial charge >= 0.3 is 5.97 Å². The number of hydrogen-bond acceptors (Lipinski definition) is 4. The van der Waals surface area contributed by atoms with Crippen molar-refractivity contribution in [3.05, 3.63) is 47.5 Å². The summed E-state index contributed by atoms with van der Waals surface area (Å²) in [7, 11) is 0. The van der Waals surface area contributed by atoms with Crippen LogP contribution in [-0.2, 0) is 5.41 Å². The predicted octanol–water partition coefficient (Wildman–Crippen LogP) is 8.00. The first-order valence-electron chi connectivity index (χ1n) is 12.8. The van der Waals surface area contributed by atoms with Crippen LogP contribution in [0.25, 0.3) is 0 Å². The van der Waals surface area contributed by atoms with E-state index in [9.17, 15) is 9.90 Å². The number of hydrogen-bond donors (Lipinski definition) is 1. The summed E-state index contributed by atoms with van der Waals surface area (Å²) < 4.78 is 17.9. The molecule has 2 aromatic carbocycles. The van der Waals surface area contributed by atoms with Gasteiger partial charge in [-0.15, -0.1) is 0 Å². The molecule has 0 aromatic heterocycles. The number of fused-ring (bicyclic) bond motifs is 1. The number of para-hydroxylation sites is 1. The van der Waals surface area contributed by atoms with Crippen LogP contribution in [0.15, 0.2) is 36.4 Å². The molecule has 0 unspecified atom stereocenters. The Balaban J connectivity index is 1.69. The number of ether oxygens (including phenoxy) is 3. The minimum Gasteiger partial charge on any atom is -0.493 e. The number of unbranched alkanes of at least 4 members (excludes halogenated alkanes) is 3. The van der Waals surface area contributed by atoms with E-state index in [1.54, 1.807) is 24.3 Å². The third-order valence-electron chi connectivity index (χ3n) is 6.68. The Kier molecular flexibility index (Phi) is 9.26. The van der Waals surface area contributed by atoms with Crippen LogP contribution in [0.5, 0.6) is 23.0 Å². The van der Waals surface area contributed by atoms with Crippen LogP contribution < -0.4 is 14.2 Å². The lowest BCUT2D eigenvalue weighted by atomic mass is 9.75. The standard InChI is InChI=1S/C29H40O5/c1-5-6-7-10-19-32-25-16-15-23(26-27(25)34-26)29(4,17-11-12-21(2)3)18-20-33-24-14-9-8-13-22(24)28(30)31/h8-9,13-16,21H,5-7,10-12,17-20H2,1-4H3,(H,30,31)/t29-/m0/s1. The zero-order valence-electron chi connectivity index (χ0n) is 21.2. The first-order valence-corrected chi connectivity index (χ1v) is 12.8. The Hall–Kier alpha value is -2.69. The molecule has 5 nitrogen and oxygen atoms in total. The highest BCUT2D eigenvalue weighted by Gasteiger charge is 2.38. The predicted molar refractivity (Wildman–Crippen MR) is 136 cm³/mol. The Morgan fingerprint density at radius 3 is 2.44 bits per heavy atom. The van der Waals surface area contributed by atoms with E-state index >= 15 is 0 Å². The zero-order valence-corrected chi connectivity index (χ0v) is 21.2. The Morgan fingerprint density at radius 2 is 1.71 bits per heavy atom. The maximum atomic E-state index is 11.5. The average molecular weight is 469 g/mol. The Bertz CT molecular complexity index is 952. The lowest BCUT2D eigenvalue weighted by Gasteiger charge is -2.30. The monoisotopic (exact) mass is 468 g/mol. The molecule has 1 atom stereocenters. The van der Waals surface area contributed by atoms with E-state index in [2.05, 4.69) is 33.8 Å². The number of benzene rings is 2. The van der Waals surface area contributed by atoms with Gasteiger partial charge in [0.15, 0.2) is 11.5 Å². The maximum absolute atomic E-state index is 11.5. The van der Waals surface area contributed by atoms with Gasteiger partial charge in [-0.3, -0.25) is 0 Å². The SMILES string of the molecule is CCCCCCOc1ccc([C@@](C)(CCCC(C)C)CCOc2ccccc2C(=O)O)c2c1O2. The van der Waals surface area contributed by atoms with Crippen LogP contribution in [0.1, 0.15) is 95.0 Å². The maximum Gasteiger partial charge on any atom is 0.339 e. The van der Waals surface area contributed by atoms with Crippen LogP contribution in [0.3, 0.4) is 0 Å². The number of carboxylic acid groups (broad SMARTS) is 1. The number of carbonyl (C=O) groups is 1. The van der Waals surface area contributed by atoms with Gasteiger partial charge in [-0.25, -0.2) is 4.79 Å². The topological polar surface area (TPSA) is 68.3 Å². The number of aromatic carboxylic acids is 1. The van der Waals surface area contributed by atoms with Crippen LogP contribution in [0.2, 0.25) is 0 Å². The lowest BCUT2D eigenvalue weighted by Crippen LogP contribution is -2.25. The fourth-order valence-corrected chi connectivity index (χ4v) is 4.48. The van der Waals surface area contributed by atoms with Crippen molar-refractivity contribution in [2.75, 3.05) is 13.2 Å². The molecule has 5 heteroatoms. The van der Waals surface area contributed by atoms with Crippen molar-refractivity contribution in [3.8, 4) is 23.0 Å². The molecular weight excluding hydrogens is 428 g/mol. The smallest absolute Gasteiger partial charge is 0.339 e. The highest BCUT2D eigenvalue weighted by Crippen LogP contribution is 2.58. The second-order valence-corrected chi connectivity index (χ2v) is 10.0. The molecule has 2 aromatic rings. The third kappa shape index (κ3) is 6.91. The van der Waals surface area contributed by atoms with Crippen molar-refractivity contribution in [3.63, 3.8) is 0 Å². The van der Waals surface area contributed by atoms with Crippen molar-refractivity contribution in [1.82, 2.24) is 0 Å². The molecule has 0 radical (unpaired) electrons. The molecule has 1 N–H and O–H groups in total. The van der Waals surface area contributed by atoms with E-state index in [1.807, 2.05) is 6.07 Å². The van der Waals surface area contributed by atoms with E-state index in [1.165, 1.54) is 31.2 Å². The van der Waals surface area contributed by atoms with E-state index in [0.29, 0.717) is 18.3 Å². The van der Waals surface area contributed by atoms with E-state index in [4.69, 9.17) is 14.2 Å². The van der Waals surface area contributed by atoms with Gasteiger partial charge in [0.2, 0.25) is 5.75 Å². The summed E-state index contributed by atoms with van der Waals surface area (Å²) in [5, 5.41) is 9.44. The molecule has 0 saturated carbocycles. The van der Waals surface area contributed by atoms with E-state index in [-0.39, 0.29) is 11.0 Å². The molecule has 186 valence electrons. The summed E-state index contributed by atoms with van der Waals surface area (Å²) in [6.45, 7) is 10.1. The minimum absolute atomic E-state index is 0.132. The second kappa shape index (κ2) is 12.1. The summed E-state index contributed by atoms with van der Waals surface area (Å²) in [5.74, 6) is 2.76. The van der Waals surface area contributed by atoms with Crippen molar-refractivity contribution in [2.24, 2.45) is 5.92 Å². The molecule has 1 heterocycles. The van der Waals surface area contributed by atoms with Gasteiger partial charge in [0.1, 0.15) is 11.3 Å². The molecule has 34 heavy (non-hydrogen) atoms. The lowest BCUT2D eigenvalue weighted by molar-refractivity contribution is 0.0692. The summed E-state index contributed by atoms with van der Waals surface area (Å²) in [4.78, 5) is 11.5. The first-order chi connectivity index (χ1) is 16.4. The molecule has 0 bridgehead atoms. The molecule has 1 aliphatic rings. The quantitative estimate of drug-likeness (QED) is 0.170. The van der Waals surface area contributed by atoms with Crippen LogP contribution in [0, 0.1) is 5.92 Å². The molecule has 3 rings (SSSR count). The van der Waals surface area contributed by atoms with Gasteiger partial charge in [-0.05, 0) is 48.8 Å². The van der Waals surface area contributed by atoms with E-state index < -0.39 is 5.97 Å². The van der Waals surface area contributed by atoms with Gasteiger partial charge in [-0.2, -0.15) is 0 Å². The largest absolute Gasteiger partial charge is 0.493 e. The minimum atomic E-state index is -0.973. The van der Waals surface area contributed by atoms with Gasteiger partial charge in [0.25, 0.3) is 0 Å². The van der Waals surface area contributed by atoms with Gasteiger partial charge in [0, 0.05) is 5.56 Å². The van der Waals surface area contributed by atoms with Gasteiger partial charge in [0.05, 0.1) is 13.2 Å². The van der Waals surface area contributed by atoms with Crippen molar-refractivity contribution >= 4 is 5.97 Å². The fraction of sp³-hybridized carbons (Fsp3) is 0.552. The summed E-state index contributed by atoms with van der Waals surface area (Å²) in [6, 6.07) is 11.0. The Labute approximate surface area is 204 Å². The second-order valence-electron chi connectivity index (χ2n) is 10.0. The number of carboxylic acids is 1. The highest BCUT2D eigenvalue weighted by molar-refractivity contribution is 5.90. The fourth-order valence-electron chi connectivity index (χ4n) is 4.48. The van der Waals surface area contributed by atoms with Crippen molar-refractivity contribution in [2.45, 2.75) is 84.5 Å². The molecule has 0 fully saturated rings.